The molecule has 6 rings (SSSR count). The lowest BCUT2D eigenvalue weighted by Gasteiger charge is -2.32. The van der Waals surface area contributed by atoms with Gasteiger partial charge in [0, 0.05) is 50.3 Å². The Bertz CT molecular complexity index is 1260. The van der Waals surface area contributed by atoms with E-state index < -0.39 is 0 Å². The minimum absolute atomic E-state index is 0.949. The Kier molecular flexibility index (Phi) is 5.00. The van der Waals surface area contributed by atoms with Crippen LogP contribution in [0.3, 0.4) is 0 Å². The molecule has 7 nitrogen and oxygen atoms in total. The predicted molar refractivity (Wildman–Crippen MR) is 129 cm³/mol. The van der Waals surface area contributed by atoms with Crippen molar-refractivity contribution in [1.29, 1.82) is 0 Å². The van der Waals surface area contributed by atoms with E-state index in [-0.39, 0.29) is 0 Å². The van der Waals surface area contributed by atoms with Crippen molar-refractivity contribution >= 4 is 33.4 Å². The van der Waals surface area contributed by atoms with Crippen molar-refractivity contribution in [2.75, 3.05) is 51.2 Å². The summed E-state index contributed by atoms with van der Waals surface area (Å²) in [5.74, 6) is 0.978. The molecule has 2 aliphatic heterocycles. The molecule has 0 amide bonds. The first-order chi connectivity index (χ1) is 15.8. The molecule has 0 N–H and O–H groups in total. The van der Waals surface area contributed by atoms with E-state index in [9.17, 15) is 0 Å². The Hall–Kier alpha value is -3.03. The fourth-order valence-electron chi connectivity index (χ4n) is 5.08. The summed E-state index contributed by atoms with van der Waals surface area (Å²) in [6.07, 6.45) is 5.85. The third kappa shape index (κ3) is 3.51. The van der Waals surface area contributed by atoms with Crippen molar-refractivity contribution in [3.8, 4) is 0 Å². The van der Waals surface area contributed by atoms with Crippen LogP contribution in [0.2, 0.25) is 0 Å². The first-order valence-electron chi connectivity index (χ1n) is 11.6. The first kappa shape index (κ1) is 19.6. The van der Waals surface area contributed by atoms with E-state index in [1.165, 1.54) is 37.4 Å². The van der Waals surface area contributed by atoms with Crippen molar-refractivity contribution < 1.29 is 0 Å². The fraction of sp³-hybridized carbons (Fsp3) is 0.400. The number of rotatable bonds is 5. The van der Waals surface area contributed by atoms with Gasteiger partial charge in [0.05, 0.1) is 22.9 Å². The number of hydrogen-bond donors (Lipinski definition) is 0. The Morgan fingerprint density at radius 1 is 0.875 bits per heavy atom. The summed E-state index contributed by atoms with van der Waals surface area (Å²) >= 11 is 0. The highest BCUT2D eigenvalue weighted by atomic mass is 15.2. The van der Waals surface area contributed by atoms with Gasteiger partial charge in [0.2, 0.25) is 0 Å². The van der Waals surface area contributed by atoms with Crippen LogP contribution in [0.4, 0.5) is 11.5 Å². The van der Waals surface area contributed by atoms with Gasteiger partial charge in [-0.05, 0) is 50.2 Å². The monoisotopic (exact) mass is 427 g/mol. The van der Waals surface area contributed by atoms with Crippen LogP contribution in [-0.4, -0.2) is 75.6 Å². The zero-order valence-electron chi connectivity index (χ0n) is 18.6. The van der Waals surface area contributed by atoms with Crippen LogP contribution in [0.15, 0.2) is 49.1 Å². The second-order valence-electron chi connectivity index (χ2n) is 9.02. The lowest BCUT2D eigenvalue weighted by atomic mass is 10.1. The maximum absolute atomic E-state index is 4.72. The summed E-state index contributed by atoms with van der Waals surface area (Å²) in [7, 11) is 2.21. The Morgan fingerprint density at radius 2 is 1.75 bits per heavy atom. The molecule has 2 aromatic carbocycles. The summed E-state index contributed by atoms with van der Waals surface area (Å²) in [6.45, 7) is 7.75. The summed E-state index contributed by atoms with van der Waals surface area (Å²) < 4.78 is 2.28. The number of piperazine rings is 1. The van der Waals surface area contributed by atoms with Gasteiger partial charge in [-0.3, -0.25) is 0 Å². The van der Waals surface area contributed by atoms with Gasteiger partial charge in [-0.2, -0.15) is 0 Å². The van der Waals surface area contributed by atoms with E-state index in [2.05, 4.69) is 72.7 Å². The molecule has 0 bridgehead atoms. The van der Waals surface area contributed by atoms with Crippen molar-refractivity contribution in [1.82, 2.24) is 29.3 Å². The maximum Gasteiger partial charge on any atom is 0.144 e. The van der Waals surface area contributed by atoms with Crippen molar-refractivity contribution in [3.63, 3.8) is 0 Å². The molecule has 2 aromatic heterocycles. The number of aromatic nitrogens is 4. The van der Waals surface area contributed by atoms with Gasteiger partial charge >= 0.3 is 0 Å². The average molecular weight is 428 g/mol. The van der Waals surface area contributed by atoms with E-state index in [1.54, 1.807) is 6.33 Å². The van der Waals surface area contributed by atoms with E-state index in [0.717, 1.165) is 60.2 Å². The minimum atomic E-state index is 0.949. The van der Waals surface area contributed by atoms with E-state index in [0.29, 0.717) is 0 Å². The van der Waals surface area contributed by atoms with Crippen molar-refractivity contribution in [2.24, 2.45) is 0 Å². The number of anilines is 2. The predicted octanol–water partition coefficient (Wildman–Crippen LogP) is 3.31. The van der Waals surface area contributed by atoms with Gasteiger partial charge in [-0.15, -0.1) is 0 Å². The van der Waals surface area contributed by atoms with E-state index in [1.807, 2.05) is 6.33 Å². The lowest BCUT2D eigenvalue weighted by molar-refractivity contribution is 0.151. The van der Waals surface area contributed by atoms with E-state index >= 15 is 0 Å². The Labute approximate surface area is 188 Å². The highest BCUT2D eigenvalue weighted by molar-refractivity contribution is 6.00. The van der Waals surface area contributed by atoms with Crippen LogP contribution >= 0.6 is 0 Å². The second kappa shape index (κ2) is 8.15. The van der Waals surface area contributed by atoms with Crippen LogP contribution in [-0.2, 0) is 13.0 Å². The van der Waals surface area contributed by atoms with Crippen molar-refractivity contribution in [3.05, 3.63) is 54.6 Å². The molecule has 1 fully saturated rings. The second-order valence-corrected chi connectivity index (χ2v) is 9.02. The van der Waals surface area contributed by atoms with Gasteiger partial charge in [-0.1, -0.05) is 18.2 Å². The summed E-state index contributed by atoms with van der Waals surface area (Å²) in [4.78, 5) is 21.3. The molecule has 0 saturated carbocycles. The molecule has 164 valence electrons. The molecule has 2 aliphatic rings. The van der Waals surface area contributed by atoms with Gasteiger partial charge < -0.3 is 19.3 Å². The van der Waals surface area contributed by atoms with Crippen molar-refractivity contribution in [2.45, 2.75) is 19.4 Å². The highest BCUT2D eigenvalue weighted by Crippen LogP contribution is 2.37. The fourth-order valence-corrected chi connectivity index (χ4v) is 5.08. The number of hydrogen-bond acceptors (Lipinski definition) is 6. The quantitative estimate of drug-likeness (QED) is 0.487. The number of nitrogens with zero attached hydrogens (tertiary/aromatic N) is 7. The number of imidazole rings is 1. The normalized spacial score (nSPS) is 17.5. The van der Waals surface area contributed by atoms with E-state index in [4.69, 9.17) is 4.98 Å². The molecule has 1 saturated heterocycles. The molecule has 4 heterocycles. The molecule has 4 aromatic rings. The Balaban J connectivity index is 1.26. The Morgan fingerprint density at radius 3 is 2.66 bits per heavy atom. The van der Waals surface area contributed by atoms with Crippen LogP contribution in [0.25, 0.3) is 21.9 Å². The third-order valence-electron chi connectivity index (χ3n) is 6.97. The zero-order chi connectivity index (χ0) is 21.5. The molecule has 0 spiro atoms. The number of para-hydroxylation sites is 1. The number of benzene rings is 2. The third-order valence-corrected chi connectivity index (χ3v) is 6.97. The topological polar surface area (TPSA) is 53.3 Å². The SMILES string of the molecule is CN1CCN(CCCn2cnc3cc4c(N5CCc6ccccc65)ncnc4cc32)CC1. The average Bonchev–Trinajstić information content (AvgIpc) is 3.43. The number of likely N-dealkylation sites (N-methyl/N-ethyl adjacent to an activating group) is 1. The summed E-state index contributed by atoms with van der Waals surface area (Å²) in [5.41, 5.74) is 5.78. The maximum atomic E-state index is 4.72. The number of fused-ring (bicyclic) bond motifs is 3. The van der Waals surface area contributed by atoms with Gasteiger partial charge in [-0.25, -0.2) is 15.0 Å². The van der Waals surface area contributed by atoms with Gasteiger partial charge in [0.1, 0.15) is 12.1 Å². The molecule has 7 heteroatoms. The van der Waals surface area contributed by atoms with Gasteiger partial charge in [0.25, 0.3) is 0 Å². The number of aryl methyl sites for hydroxylation is 1. The van der Waals surface area contributed by atoms with Crippen LogP contribution in [0.5, 0.6) is 0 Å². The van der Waals surface area contributed by atoms with Crippen LogP contribution in [0.1, 0.15) is 12.0 Å². The smallest absolute Gasteiger partial charge is 0.144 e. The largest absolute Gasteiger partial charge is 0.330 e. The summed E-state index contributed by atoms with van der Waals surface area (Å²) in [5, 5.41) is 1.07. The highest BCUT2D eigenvalue weighted by Gasteiger charge is 2.23. The molecule has 0 unspecified atom stereocenters. The molecule has 32 heavy (non-hydrogen) atoms. The lowest BCUT2D eigenvalue weighted by Crippen LogP contribution is -2.44. The van der Waals surface area contributed by atoms with Crippen LogP contribution < -0.4 is 4.90 Å². The summed E-state index contributed by atoms with van der Waals surface area (Å²) in [6, 6.07) is 13.0. The molecular formula is C25H29N7. The standard InChI is InChI=1S/C25H29N7/c1-29-11-13-30(14-12-29)8-4-9-31-18-28-22-15-20-21(16-24(22)31)26-17-27-25(20)32-10-7-19-5-2-3-6-23(19)32/h2-3,5-6,15-18H,4,7-14H2,1H3. The minimum Gasteiger partial charge on any atom is -0.330 e. The zero-order valence-corrected chi connectivity index (χ0v) is 18.6. The molecular weight excluding hydrogens is 398 g/mol. The first-order valence-corrected chi connectivity index (χ1v) is 11.6. The van der Waals surface area contributed by atoms with Gasteiger partial charge in [0.15, 0.2) is 0 Å². The molecule has 0 radical (unpaired) electrons. The van der Waals surface area contributed by atoms with Crippen LogP contribution in [0, 0.1) is 0 Å². The molecule has 0 atom stereocenters. The molecule has 0 aliphatic carbocycles.